The van der Waals surface area contributed by atoms with Crippen LogP contribution in [0.1, 0.15) is 24.5 Å². The summed E-state index contributed by atoms with van der Waals surface area (Å²) < 4.78 is 5.59. The van der Waals surface area contributed by atoms with Crippen LogP contribution in [0.3, 0.4) is 0 Å². The van der Waals surface area contributed by atoms with E-state index in [4.69, 9.17) is 4.74 Å². The molecule has 2 N–H and O–H groups in total. The Hall–Kier alpha value is -3.09. The van der Waals surface area contributed by atoms with Gasteiger partial charge < -0.3 is 15.0 Å². The Kier molecular flexibility index (Phi) is 4.22. The summed E-state index contributed by atoms with van der Waals surface area (Å²) in [7, 11) is 1.60. The molecule has 2 amide bonds. The fraction of sp³-hybridized carbons (Fsp3) is 0.350. The van der Waals surface area contributed by atoms with Crippen molar-refractivity contribution in [3.63, 3.8) is 0 Å². The molecule has 0 unspecified atom stereocenters. The molecule has 140 valence electrons. The molecule has 0 saturated heterocycles. The average Bonchev–Trinajstić information content (AvgIpc) is 2.91. The lowest BCUT2D eigenvalue weighted by atomic mass is 9.99. The number of hydrogen-bond acceptors (Lipinski definition) is 5. The van der Waals surface area contributed by atoms with Crippen molar-refractivity contribution in [2.24, 2.45) is 0 Å². The van der Waals surface area contributed by atoms with E-state index >= 15 is 0 Å². The maximum absolute atomic E-state index is 12.4. The average molecular weight is 367 g/mol. The predicted octanol–water partition coefficient (Wildman–Crippen LogP) is 1.75. The van der Waals surface area contributed by atoms with Gasteiger partial charge in [0.1, 0.15) is 5.75 Å². The number of pyridine rings is 1. The number of imide groups is 1. The van der Waals surface area contributed by atoms with Gasteiger partial charge in [-0.05, 0) is 43.9 Å². The van der Waals surface area contributed by atoms with Crippen LogP contribution in [-0.2, 0) is 22.4 Å². The van der Waals surface area contributed by atoms with E-state index in [-0.39, 0.29) is 23.9 Å². The third-order valence-corrected chi connectivity index (χ3v) is 5.17. The number of nitrogens with zero attached hydrogens (tertiary/aromatic N) is 1. The number of nitrogens with one attached hydrogen (secondary N) is 2. The van der Waals surface area contributed by atoms with E-state index in [0.29, 0.717) is 23.3 Å². The lowest BCUT2D eigenvalue weighted by Crippen LogP contribution is -2.32. The molecule has 2 aliphatic heterocycles. The third kappa shape index (κ3) is 2.89. The Morgan fingerprint density at radius 2 is 2.04 bits per heavy atom. The van der Waals surface area contributed by atoms with Crippen molar-refractivity contribution < 1.29 is 14.3 Å². The summed E-state index contributed by atoms with van der Waals surface area (Å²) in [5, 5.41) is 4.19. The van der Waals surface area contributed by atoms with Gasteiger partial charge in [0.2, 0.25) is 0 Å². The van der Waals surface area contributed by atoms with Crippen molar-refractivity contribution in [2.75, 3.05) is 25.5 Å². The molecule has 0 aliphatic carbocycles. The van der Waals surface area contributed by atoms with Crippen LogP contribution in [-0.4, -0.2) is 41.9 Å². The van der Waals surface area contributed by atoms with Crippen LogP contribution < -0.4 is 15.6 Å². The minimum atomic E-state index is -0.281. The van der Waals surface area contributed by atoms with E-state index < -0.39 is 0 Å². The van der Waals surface area contributed by atoms with Gasteiger partial charge in [0.05, 0.1) is 23.7 Å². The number of aromatic nitrogens is 1. The molecule has 4 rings (SSSR count). The number of aromatic amines is 1. The van der Waals surface area contributed by atoms with Gasteiger partial charge in [-0.15, -0.1) is 0 Å². The molecule has 0 radical (unpaired) electrons. The molecule has 0 atom stereocenters. The second-order valence-corrected chi connectivity index (χ2v) is 6.93. The summed E-state index contributed by atoms with van der Waals surface area (Å²) in [6, 6.07) is 3.80. The number of ether oxygens (including phenoxy) is 1. The standard InChI is InChI=1S/C20H21N3O4/c1-11-8-16(24)23(20(11)26)7-5-12-9-14-17(15(10-12)27-2)18-13(19(25)22-14)4-3-6-21-18/h8-10,21H,3-7H2,1-2H3,(H,22,25). The highest BCUT2D eigenvalue weighted by atomic mass is 16.5. The molecule has 0 saturated carbocycles. The number of benzene rings is 1. The van der Waals surface area contributed by atoms with Crippen molar-refractivity contribution in [1.82, 2.24) is 9.88 Å². The van der Waals surface area contributed by atoms with Gasteiger partial charge in [0.15, 0.2) is 0 Å². The fourth-order valence-corrected chi connectivity index (χ4v) is 3.80. The highest BCUT2D eigenvalue weighted by molar-refractivity contribution is 6.15. The summed E-state index contributed by atoms with van der Waals surface area (Å²) in [5.41, 5.74) is 3.54. The zero-order chi connectivity index (χ0) is 19.1. The van der Waals surface area contributed by atoms with Crippen molar-refractivity contribution in [1.29, 1.82) is 0 Å². The first kappa shape index (κ1) is 17.3. The first-order valence-corrected chi connectivity index (χ1v) is 9.03. The Morgan fingerprint density at radius 3 is 2.74 bits per heavy atom. The van der Waals surface area contributed by atoms with E-state index in [9.17, 15) is 14.4 Å². The molecule has 0 spiro atoms. The summed E-state index contributed by atoms with van der Waals surface area (Å²) in [6.07, 6.45) is 3.51. The Bertz CT molecular complexity index is 1050. The maximum Gasteiger partial charge on any atom is 0.256 e. The first-order valence-electron chi connectivity index (χ1n) is 9.03. The molecule has 1 aromatic heterocycles. The molecule has 7 heteroatoms. The summed E-state index contributed by atoms with van der Waals surface area (Å²) in [6.45, 7) is 2.75. The maximum atomic E-state index is 12.4. The van der Waals surface area contributed by atoms with E-state index in [1.807, 2.05) is 12.1 Å². The van der Waals surface area contributed by atoms with Gasteiger partial charge in [-0.2, -0.15) is 0 Å². The molecule has 2 aromatic rings. The van der Waals surface area contributed by atoms with Crippen LogP contribution in [0.5, 0.6) is 5.75 Å². The van der Waals surface area contributed by atoms with Crippen molar-refractivity contribution in [3.8, 4) is 5.75 Å². The molecule has 2 aliphatic rings. The summed E-state index contributed by atoms with van der Waals surface area (Å²) in [4.78, 5) is 40.6. The van der Waals surface area contributed by atoms with Crippen LogP contribution in [0.2, 0.25) is 0 Å². The molecule has 7 nitrogen and oxygen atoms in total. The number of fused-ring (bicyclic) bond motifs is 3. The lowest BCUT2D eigenvalue weighted by molar-refractivity contribution is -0.137. The zero-order valence-electron chi connectivity index (χ0n) is 15.3. The molecular formula is C20H21N3O4. The molecule has 0 fully saturated rings. The van der Waals surface area contributed by atoms with E-state index in [1.165, 1.54) is 11.0 Å². The number of rotatable bonds is 4. The van der Waals surface area contributed by atoms with Gasteiger partial charge in [0.25, 0.3) is 17.4 Å². The number of methoxy groups -OCH3 is 1. The second-order valence-electron chi connectivity index (χ2n) is 6.93. The molecule has 27 heavy (non-hydrogen) atoms. The minimum absolute atomic E-state index is 0.0892. The Morgan fingerprint density at radius 1 is 1.22 bits per heavy atom. The number of anilines is 1. The number of hydrogen-bond donors (Lipinski definition) is 2. The second kappa shape index (κ2) is 6.57. The predicted molar refractivity (Wildman–Crippen MR) is 102 cm³/mol. The number of amides is 2. The Labute approximate surface area is 156 Å². The lowest BCUT2D eigenvalue weighted by Gasteiger charge is -2.21. The normalized spacial score (nSPS) is 16.4. The van der Waals surface area contributed by atoms with Gasteiger partial charge in [0, 0.05) is 30.3 Å². The molecule has 3 heterocycles. The van der Waals surface area contributed by atoms with Crippen LogP contribution >= 0.6 is 0 Å². The third-order valence-electron chi connectivity index (χ3n) is 5.17. The van der Waals surface area contributed by atoms with Crippen molar-refractivity contribution in [3.05, 3.63) is 45.3 Å². The van der Waals surface area contributed by atoms with Gasteiger partial charge in [-0.3, -0.25) is 19.3 Å². The van der Waals surface area contributed by atoms with Crippen LogP contribution in [0.4, 0.5) is 5.69 Å². The van der Waals surface area contributed by atoms with E-state index in [0.717, 1.165) is 41.6 Å². The highest BCUT2D eigenvalue weighted by Gasteiger charge is 2.28. The van der Waals surface area contributed by atoms with Gasteiger partial charge in [-0.25, -0.2) is 0 Å². The SMILES string of the molecule is COc1cc(CCN2C(=O)C=C(C)C2=O)cc2[nH]c(=O)c3c(c12)NCCC3. The highest BCUT2D eigenvalue weighted by Crippen LogP contribution is 2.35. The minimum Gasteiger partial charge on any atom is -0.496 e. The van der Waals surface area contributed by atoms with Crippen molar-refractivity contribution >= 4 is 28.4 Å². The largest absolute Gasteiger partial charge is 0.496 e. The van der Waals surface area contributed by atoms with Gasteiger partial charge in [-0.1, -0.05) is 0 Å². The number of H-pyrrole nitrogens is 1. The van der Waals surface area contributed by atoms with Crippen LogP contribution in [0.15, 0.2) is 28.6 Å². The Balaban J connectivity index is 1.70. The molecule has 0 bridgehead atoms. The zero-order valence-corrected chi connectivity index (χ0v) is 15.3. The quantitative estimate of drug-likeness (QED) is 0.804. The molecular weight excluding hydrogens is 346 g/mol. The summed E-state index contributed by atoms with van der Waals surface area (Å²) >= 11 is 0. The van der Waals surface area contributed by atoms with Crippen molar-refractivity contribution in [2.45, 2.75) is 26.2 Å². The topological polar surface area (TPSA) is 91.5 Å². The first-order chi connectivity index (χ1) is 13.0. The monoisotopic (exact) mass is 367 g/mol. The smallest absolute Gasteiger partial charge is 0.256 e. The van der Waals surface area contributed by atoms with E-state index in [2.05, 4.69) is 10.3 Å². The number of carbonyl (C=O) groups is 2. The molecule has 1 aromatic carbocycles. The van der Waals surface area contributed by atoms with E-state index in [1.54, 1.807) is 14.0 Å². The number of carbonyl (C=O) groups excluding carboxylic acids is 2. The summed E-state index contributed by atoms with van der Waals surface area (Å²) in [5.74, 6) is 0.133. The van der Waals surface area contributed by atoms with Crippen LogP contribution in [0.25, 0.3) is 10.9 Å². The van der Waals surface area contributed by atoms with Gasteiger partial charge >= 0.3 is 0 Å². The fourth-order valence-electron chi connectivity index (χ4n) is 3.80. The van der Waals surface area contributed by atoms with Crippen LogP contribution in [0, 0.1) is 0 Å².